The van der Waals surface area contributed by atoms with Gasteiger partial charge in [0.25, 0.3) is 0 Å². The fourth-order valence-corrected chi connectivity index (χ4v) is 1.30. The quantitative estimate of drug-likeness (QED) is 0.473. The third kappa shape index (κ3) is 1.22. The molecule has 0 aromatic rings. The lowest BCUT2D eigenvalue weighted by atomic mass is 9.96. The summed E-state index contributed by atoms with van der Waals surface area (Å²) < 4.78 is 10.3. The lowest BCUT2D eigenvalue weighted by molar-refractivity contribution is -0.159. The summed E-state index contributed by atoms with van der Waals surface area (Å²) in [6.45, 7) is 2.50. The molecule has 1 saturated carbocycles. The van der Waals surface area contributed by atoms with Crippen LogP contribution in [0.2, 0.25) is 0 Å². The van der Waals surface area contributed by atoms with Crippen molar-refractivity contribution >= 4 is 5.97 Å². The van der Waals surface area contributed by atoms with Crippen molar-refractivity contribution in [3.05, 3.63) is 0 Å². The third-order valence-corrected chi connectivity index (χ3v) is 2.76. The van der Waals surface area contributed by atoms with E-state index in [1.165, 1.54) is 6.42 Å². The van der Waals surface area contributed by atoms with Crippen molar-refractivity contribution < 1.29 is 14.3 Å². The van der Waals surface area contributed by atoms with Crippen LogP contribution in [-0.4, -0.2) is 24.3 Å². The Balaban J connectivity index is 1.83. The van der Waals surface area contributed by atoms with Crippen LogP contribution in [0.1, 0.15) is 32.6 Å². The van der Waals surface area contributed by atoms with Crippen molar-refractivity contribution in [2.45, 2.75) is 44.3 Å². The van der Waals surface area contributed by atoms with Crippen LogP contribution < -0.4 is 0 Å². The average molecular weight is 170 g/mol. The van der Waals surface area contributed by atoms with E-state index in [1.54, 1.807) is 0 Å². The van der Waals surface area contributed by atoms with Crippen LogP contribution >= 0.6 is 0 Å². The highest BCUT2D eigenvalue weighted by molar-refractivity contribution is 5.82. The second kappa shape index (κ2) is 2.73. The van der Waals surface area contributed by atoms with Crippen LogP contribution in [0.15, 0.2) is 0 Å². The first-order valence-corrected chi connectivity index (χ1v) is 4.62. The van der Waals surface area contributed by atoms with Gasteiger partial charge in [-0.25, -0.2) is 4.79 Å². The van der Waals surface area contributed by atoms with Crippen molar-refractivity contribution in [2.24, 2.45) is 0 Å². The standard InChI is InChI=1S/C9H14O3/c1-2-9(6-11-9)8(10)12-7-4-3-5-7/h7H,2-6H2,1H3. The number of carbonyl (C=O) groups excluding carboxylic acids is 1. The molecule has 0 amide bonds. The molecule has 2 fully saturated rings. The van der Waals surface area contributed by atoms with E-state index in [1.807, 2.05) is 6.92 Å². The molecule has 0 radical (unpaired) electrons. The van der Waals surface area contributed by atoms with E-state index in [0.717, 1.165) is 19.3 Å². The van der Waals surface area contributed by atoms with Gasteiger partial charge in [-0.3, -0.25) is 0 Å². The van der Waals surface area contributed by atoms with E-state index in [9.17, 15) is 4.79 Å². The number of ether oxygens (including phenoxy) is 2. The highest BCUT2D eigenvalue weighted by atomic mass is 16.6. The summed E-state index contributed by atoms with van der Waals surface area (Å²) in [5.41, 5.74) is -0.546. The Bertz CT molecular complexity index is 192. The summed E-state index contributed by atoms with van der Waals surface area (Å²) >= 11 is 0. The third-order valence-electron chi connectivity index (χ3n) is 2.76. The molecule has 0 N–H and O–H groups in total. The summed E-state index contributed by atoms with van der Waals surface area (Å²) in [7, 11) is 0. The van der Waals surface area contributed by atoms with Gasteiger partial charge in [0.15, 0.2) is 5.60 Å². The Kier molecular flexibility index (Phi) is 1.83. The van der Waals surface area contributed by atoms with Gasteiger partial charge in [0.2, 0.25) is 0 Å². The van der Waals surface area contributed by atoms with Crippen LogP contribution in [0.25, 0.3) is 0 Å². The number of hydrogen-bond acceptors (Lipinski definition) is 3. The van der Waals surface area contributed by atoms with E-state index >= 15 is 0 Å². The number of hydrogen-bond donors (Lipinski definition) is 0. The predicted molar refractivity (Wildman–Crippen MR) is 42.7 cm³/mol. The van der Waals surface area contributed by atoms with E-state index in [4.69, 9.17) is 9.47 Å². The van der Waals surface area contributed by atoms with Crippen LogP contribution in [0, 0.1) is 0 Å². The smallest absolute Gasteiger partial charge is 0.341 e. The molecule has 68 valence electrons. The first-order valence-electron chi connectivity index (χ1n) is 4.62. The summed E-state index contributed by atoms with van der Waals surface area (Å²) in [4.78, 5) is 11.4. The average Bonchev–Trinajstić information content (AvgIpc) is 2.76. The van der Waals surface area contributed by atoms with Gasteiger partial charge in [-0.1, -0.05) is 6.92 Å². The summed E-state index contributed by atoms with van der Waals surface area (Å²) in [6.07, 6.45) is 4.18. The molecule has 2 rings (SSSR count). The Morgan fingerprint density at radius 2 is 2.33 bits per heavy atom. The van der Waals surface area contributed by atoms with Crippen LogP contribution in [0.5, 0.6) is 0 Å². The molecule has 1 aliphatic carbocycles. The van der Waals surface area contributed by atoms with Crippen LogP contribution in [0.3, 0.4) is 0 Å². The SMILES string of the molecule is CCC1(C(=O)OC2CCC2)CO1. The summed E-state index contributed by atoms with van der Waals surface area (Å²) in [5, 5.41) is 0. The van der Waals surface area contributed by atoms with Crippen molar-refractivity contribution in [1.29, 1.82) is 0 Å². The highest BCUT2D eigenvalue weighted by Crippen LogP contribution is 2.34. The van der Waals surface area contributed by atoms with E-state index in [-0.39, 0.29) is 12.1 Å². The number of epoxide rings is 1. The first kappa shape index (κ1) is 8.05. The topological polar surface area (TPSA) is 38.8 Å². The van der Waals surface area contributed by atoms with Gasteiger partial charge in [0.05, 0.1) is 6.61 Å². The molecule has 0 aromatic heterocycles. The molecule has 3 nitrogen and oxygen atoms in total. The zero-order valence-electron chi connectivity index (χ0n) is 7.34. The van der Waals surface area contributed by atoms with Gasteiger partial charge in [-0.15, -0.1) is 0 Å². The zero-order valence-corrected chi connectivity index (χ0v) is 7.34. The minimum absolute atomic E-state index is 0.144. The molecule has 1 heterocycles. The van der Waals surface area contributed by atoms with Crippen molar-refractivity contribution in [3.63, 3.8) is 0 Å². The maximum absolute atomic E-state index is 11.4. The monoisotopic (exact) mass is 170 g/mol. The fraction of sp³-hybridized carbons (Fsp3) is 0.889. The number of esters is 1. The molecule has 12 heavy (non-hydrogen) atoms. The molecule has 0 spiro atoms. The predicted octanol–water partition coefficient (Wildman–Crippen LogP) is 1.26. The second-order valence-electron chi connectivity index (χ2n) is 3.59. The molecule has 0 bridgehead atoms. The van der Waals surface area contributed by atoms with Crippen molar-refractivity contribution in [1.82, 2.24) is 0 Å². The summed E-state index contributed by atoms with van der Waals surface area (Å²) in [6, 6.07) is 0. The Labute approximate surface area is 72.0 Å². The van der Waals surface area contributed by atoms with Gasteiger partial charge in [-0.05, 0) is 25.7 Å². The van der Waals surface area contributed by atoms with Gasteiger partial charge in [0, 0.05) is 0 Å². The number of rotatable bonds is 3. The summed E-state index contributed by atoms with van der Waals surface area (Å²) in [5.74, 6) is -0.144. The van der Waals surface area contributed by atoms with Gasteiger partial charge >= 0.3 is 5.97 Å². The molecule has 2 aliphatic rings. The Morgan fingerprint density at radius 3 is 2.67 bits per heavy atom. The molecular weight excluding hydrogens is 156 g/mol. The molecule has 1 unspecified atom stereocenters. The second-order valence-corrected chi connectivity index (χ2v) is 3.59. The van der Waals surface area contributed by atoms with Crippen molar-refractivity contribution in [3.8, 4) is 0 Å². The minimum atomic E-state index is -0.546. The molecule has 1 aliphatic heterocycles. The molecule has 3 heteroatoms. The zero-order chi connectivity index (χ0) is 8.60. The minimum Gasteiger partial charge on any atom is -0.460 e. The normalized spacial score (nSPS) is 34.1. The van der Waals surface area contributed by atoms with E-state index in [2.05, 4.69) is 0 Å². The maximum atomic E-state index is 11.4. The van der Waals surface area contributed by atoms with Crippen LogP contribution in [0.4, 0.5) is 0 Å². The van der Waals surface area contributed by atoms with Gasteiger partial charge in [-0.2, -0.15) is 0 Å². The molecule has 0 aromatic carbocycles. The maximum Gasteiger partial charge on any atom is 0.341 e. The van der Waals surface area contributed by atoms with Gasteiger partial charge in [0.1, 0.15) is 6.10 Å². The highest BCUT2D eigenvalue weighted by Gasteiger charge is 2.52. The Morgan fingerprint density at radius 1 is 1.67 bits per heavy atom. The number of carbonyl (C=O) groups is 1. The fourth-order valence-electron chi connectivity index (χ4n) is 1.30. The Hall–Kier alpha value is -0.570. The van der Waals surface area contributed by atoms with Gasteiger partial charge < -0.3 is 9.47 Å². The first-order chi connectivity index (χ1) is 5.77. The molecule has 1 atom stereocenters. The largest absolute Gasteiger partial charge is 0.460 e. The van der Waals surface area contributed by atoms with E-state index in [0.29, 0.717) is 6.61 Å². The molecular formula is C9H14O3. The lowest BCUT2D eigenvalue weighted by Crippen LogP contribution is -2.33. The van der Waals surface area contributed by atoms with Crippen molar-refractivity contribution in [2.75, 3.05) is 6.61 Å². The lowest BCUT2D eigenvalue weighted by Gasteiger charge is -2.26. The molecule has 1 saturated heterocycles. The van der Waals surface area contributed by atoms with Crippen LogP contribution in [-0.2, 0) is 14.3 Å². The van der Waals surface area contributed by atoms with E-state index < -0.39 is 5.60 Å².